The van der Waals surface area contributed by atoms with E-state index in [1.54, 1.807) is 17.4 Å². The number of nitrogens with zero attached hydrogens (tertiary/aromatic N) is 3. The topological polar surface area (TPSA) is 54.9 Å². The Bertz CT molecular complexity index is 1100. The standard InChI is InChI=1S/C24H29N3O3S.ClH/c1-5-26(6-2)9-10-27(24-25-19-14-16(3)13-17(4)22(19)31-24)23(28)18-7-8-20-21(15-18)30-12-11-29-20;/h7-8,13-15H,5-6,9-12H2,1-4H3;1H. The molecule has 0 N–H and O–H groups in total. The van der Waals surface area contributed by atoms with Crippen LogP contribution in [0.3, 0.4) is 0 Å². The number of benzene rings is 2. The van der Waals surface area contributed by atoms with E-state index in [1.807, 2.05) is 17.0 Å². The maximum Gasteiger partial charge on any atom is 0.260 e. The maximum absolute atomic E-state index is 13.6. The number of rotatable bonds is 7. The molecule has 2 aromatic carbocycles. The molecule has 0 saturated heterocycles. The van der Waals surface area contributed by atoms with E-state index in [9.17, 15) is 4.79 Å². The third-order valence-corrected chi connectivity index (χ3v) is 6.84. The molecule has 0 saturated carbocycles. The Morgan fingerprint density at radius 2 is 1.75 bits per heavy atom. The van der Waals surface area contributed by atoms with Gasteiger partial charge in [-0.1, -0.05) is 31.3 Å². The van der Waals surface area contributed by atoms with Gasteiger partial charge in [0.05, 0.1) is 10.2 Å². The minimum absolute atomic E-state index is 0. The van der Waals surface area contributed by atoms with Gasteiger partial charge in [0.2, 0.25) is 0 Å². The monoisotopic (exact) mass is 475 g/mol. The number of fused-ring (bicyclic) bond motifs is 2. The predicted molar refractivity (Wildman–Crippen MR) is 133 cm³/mol. The highest BCUT2D eigenvalue weighted by molar-refractivity contribution is 7.22. The average molecular weight is 476 g/mol. The number of carbonyl (C=O) groups excluding carboxylic acids is 1. The Morgan fingerprint density at radius 1 is 1.03 bits per heavy atom. The van der Waals surface area contributed by atoms with Crippen LogP contribution in [0.1, 0.15) is 35.3 Å². The van der Waals surface area contributed by atoms with Crippen molar-refractivity contribution in [3.8, 4) is 11.5 Å². The van der Waals surface area contributed by atoms with Crippen molar-refractivity contribution < 1.29 is 14.3 Å². The van der Waals surface area contributed by atoms with Gasteiger partial charge < -0.3 is 14.4 Å². The van der Waals surface area contributed by atoms with Crippen LogP contribution in [0.15, 0.2) is 30.3 Å². The zero-order chi connectivity index (χ0) is 22.0. The molecular formula is C24H30ClN3O3S. The van der Waals surface area contributed by atoms with Gasteiger partial charge in [0.15, 0.2) is 16.6 Å². The van der Waals surface area contributed by atoms with Crippen LogP contribution in [0, 0.1) is 13.8 Å². The van der Waals surface area contributed by atoms with Crippen LogP contribution >= 0.6 is 23.7 Å². The summed E-state index contributed by atoms with van der Waals surface area (Å²) in [6.07, 6.45) is 0. The van der Waals surface area contributed by atoms with Crippen LogP contribution in [0.5, 0.6) is 11.5 Å². The van der Waals surface area contributed by atoms with Crippen molar-refractivity contribution in [1.29, 1.82) is 0 Å². The summed E-state index contributed by atoms with van der Waals surface area (Å²) in [5.41, 5.74) is 3.89. The number of amides is 1. The van der Waals surface area contributed by atoms with Crippen LogP contribution in [-0.4, -0.2) is 55.2 Å². The third kappa shape index (κ3) is 5.00. The first kappa shape index (κ1) is 24.3. The van der Waals surface area contributed by atoms with Gasteiger partial charge in [-0.2, -0.15) is 0 Å². The van der Waals surface area contributed by atoms with Crippen molar-refractivity contribution in [1.82, 2.24) is 9.88 Å². The number of carbonyl (C=O) groups is 1. The zero-order valence-corrected chi connectivity index (χ0v) is 20.6. The van der Waals surface area contributed by atoms with E-state index in [0.717, 1.165) is 35.0 Å². The van der Waals surface area contributed by atoms with E-state index in [1.165, 1.54) is 11.1 Å². The van der Waals surface area contributed by atoms with E-state index in [4.69, 9.17) is 14.5 Å². The minimum Gasteiger partial charge on any atom is -0.486 e. The molecule has 1 amide bonds. The van der Waals surface area contributed by atoms with Crippen molar-refractivity contribution in [2.75, 3.05) is 44.3 Å². The Labute approximate surface area is 199 Å². The number of anilines is 1. The first-order valence-electron chi connectivity index (χ1n) is 10.8. The second kappa shape index (κ2) is 10.5. The van der Waals surface area contributed by atoms with Crippen LogP contribution < -0.4 is 14.4 Å². The number of halogens is 1. The highest BCUT2D eigenvalue weighted by atomic mass is 35.5. The number of thiazole rings is 1. The van der Waals surface area contributed by atoms with E-state index >= 15 is 0 Å². The molecule has 0 aliphatic carbocycles. The molecule has 172 valence electrons. The minimum atomic E-state index is -0.0717. The van der Waals surface area contributed by atoms with Gasteiger partial charge in [-0.15, -0.1) is 12.4 Å². The van der Waals surface area contributed by atoms with Crippen LogP contribution in [0.25, 0.3) is 10.2 Å². The summed E-state index contributed by atoms with van der Waals surface area (Å²) in [4.78, 5) is 22.6. The van der Waals surface area contributed by atoms with Crippen molar-refractivity contribution in [2.24, 2.45) is 0 Å². The molecule has 0 atom stereocenters. The molecule has 1 aromatic heterocycles. The van der Waals surface area contributed by atoms with Crippen LogP contribution in [0.4, 0.5) is 5.13 Å². The number of aromatic nitrogens is 1. The maximum atomic E-state index is 13.6. The SMILES string of the molecule is CCN(CC)CCN(C(=O)c1ccc2c(c1)OCCO2)c1nc2cc(C)cc(C)c2s1.Cl. The Kier molecular flexibility index (Phi) is 7.98. The number of hydrogen-bond acceptors (Lipinski definition) is 6. The van der Waals surface area contributed by atoms with Gasteiger partial charge in [0.25, 0.3) is 5.91 Å². The fraction of sp³-hybridized carbons (Fsp3) is 0.417. The van der Waals surface area contributed by atoms with Gasteiger partial charge in [0.1, 0.15) is 13.2 Å². The first-order valence-corrected chi connectivity index (χ1v) is 11.6. The molecule has 1 aliphatic heterocycles. The fourth-order valence-corrected chi connectivity index (χ4v) is 4.92. The van der Waals surface area contributed by atoms with Crippen molar-refractivity contribution in [3.05, 3.63) is 47.0 Å². The second-order valence-electron chi connectivity index (χ2n) is 7.77. The number of hydrogen-bond donors (Lipinski definition) is 0. The highest BCUT2D eigenvalue weighted by Crippen LogP contribution is 2.35. The molecule has 6 nitrogen and oxygen atoms in total. The van der Waals surface area contributed by atoms with Crippen molar-refractivity contribution in [2.45, 2.75) is 27.7 Å². The molecule has 1 aliphatic rings. The molecule has 4 rings (SSSR count). The number of aryl methyl sites for hydroxylation is 2. The summed E-state index contributed by atoms with van der Waals surface area (Å²) in [7, 11) is 0. The highest BCUT2D eigenvalue weighted by Gasteiger charge is 2.24. The molecule has 0 bridgehead atoms. The lowest BCUT2D eigenvalue weighted by atomic mass is 10.1. The van der Waals surface area contributed by atoms with Crippen LogP contribution in [-0.2, 0) is 0 Å². The normalized spacial score (nSPS) is 12.7. The largest absolute Gasteiger partial charge is 0.486 e. The first-order chi connectivity index (χ1) is 15.0. The van der Waals surface area contributed by atoms with Gasteiger partial charge in [-0.25, -0.2) is 4.98 Å². The lowest BCUT2D eigenvalue weighted by Gasteiger charge is -2.25. The summed E-state index contributed by atoms with van der Waals surface area (Å²) in [5, 5.41) is 0.732. The summed E-state index contributed by atoms with van der Waals surface area (Å²) < 4.78 is 12.4. The van der Waals surface area contributed by atoms with Gasteiger partial charge in [0, 0.05) is 18.7 Å². The summed E-state index contributed by atoms with van der Waals surface area (Å²) in [5.74, 6) is 1.23. The second-order valence-corrected chi connectivity index (χ2v) is 8.75. The lowest BCUT2D eigenvalue weighted by Crippen LogP contribution is -2.39. The van der Waals surface area contributed by atoms with E-state index in [-0.39, 0.29) is 18.3 Å². The number of ether oxygens (including phenoxy) is 2. The molecule has 32 heavy (non-hydrogen) atoms. The van der Waals surface area contributed by atoms with Gasteiger partial charge in [-0.05, 0) is 62.3 Å². The fourth-order valence-electron chi connectivity index (χ4n) is 3.88. The third-order valence-electron chi connectivity index (χ3n) is 5.61. The quantitative estimate of drug-likeness (QED) is 0.476. The Morgan fingerprint density at radius 3 is 2.47 bits per heavy atom. The van der Waals surface area contributed by atoms with Crippen molar-refractivity contribution >= 4 is 45.0 Å². The molecule has 8 heteroatoms. The van der Waals surface area contributed by atoms with E-state index in [2.05, 4.69) is 44.7 Å². The molecule has 0 spiro atoms. The molecule has 0 fully saturated rings. The summed E-state index contributed by atoms with van der Waals surface area (Å²) in [6, 6.07) is 9.65. The smallest absolute Gasteiger partial charge is 0.260 e. The lowest BCUT2D eigenvalue weighted by molar-refractivity contribution is 0.0982. The average Bonchev–Trinajstić information content (AvgIpc) is 3.20. The molecule has 3 aromatic rings. The zero-order valence-electron chi connectivity index (χ0n) is 19.0. The van der Waals surface area contributed by atoms with E-state index in [0.29, 0.717) is 36.8 Å². The number of likely N-dealkylation sites (N-methyl/N-ethyl adjacent to an activating group) is 1. The predicted octanol–water partition coefficient (Wildman–Crippen LogP) is 5.09. The Balaban J connectivity index is 0.00000289. The summed E-state index contributed by atoms with van der Waals surface area (Å²) >= 11 is 1.58. The van der Waals surface area contributed by atoms with E-state index < -0.39 is 0 Å². The molecular weight excluding hydrogens is 446 g/mol. The van der Waals surface area contributed by atoms with Crippen LogP contribution in [0.2, 0.25) is 0 Å². The van der Waals surface area contributed by atoms with Gasteiger partial charge in [-0.3, -0.25) is 9.69 Å². The summed E-state index contributed by atoms with van der Waals surface area (Å²) in [6.45, 7) is 12.7. The van der Waals surface area contributed by atoms with Crippen molar-refractivity contribution in [3.63, 3.8) is 0 Å². The van der Waals surface area contributed by atoms with Gasteiger partial charge >= 0.3 is 0 Å². The Hall–Kier alpha value is -2.35. The molecule has 0 unspecified atom stereocenters. The molecule has 0 radical (unpaired) electrons. The molecule has 2 heterocycles.